The van der Waals surface area contributed by atoms with Crippen LogP contribution in [0.2, 0.25) is 0 Å². The van der Waals surface area contributed by atoms with Crippen molar-refractivity contribution in [1.82, 2.24) is 9.78 Å². The van der Waals surface area contributed by atoms with Crippen LogP contribution in [0.5, 0.6) is 0 Å². The zero-order valence-electron chi connectivity index (χ0n) is 15.6. The molecule has 1 N–H and O–H groups in total. The molecule has 0 aliphatic rings. The van der Waals surface area contributed by atoms with Crippen molar-refractivity contribution in [1.29, 1.82) is 0 Å². The topological polar surface area (TPSA) is 64.0 Å². The second kappa shape index (κ2) is 7.83. The minimum Gasteiger partial charge on any atom is -0.326 e. The minimum atomic E-state index is -0.116. The summed E-state index contributed by atoms with van der Waals surface area (Å²) in [4.78, 5) is 23.8. The van der Waals surface area contributed by atoms with Crippen LogP contribution in [0.1, 0.15) is 34.2 Å². The lowest BCUT2D eigenvalue weighted by Gasteiger charge is -2.04. The molecule has 1 aromatic heterocycles. The summed E-state index contributed by atoms with van der Waals surface area (Å²) < 4.78 is 1.79. The zero-order valence-corrected chi connectivity index (χ0v) is 15.6. The van der Waals surface area contributed by atoms with Crippen LogP contribution in [0.25, 0.3) is 11.8 Å². The number of para-hydroxylation sites is 1. The Balaban J connectivity index is 1.81. The van der Waals surface area contributed by atoms with Crippen molar-refractivity contribution in [2.24, 2.45) is 0 Å². The summed E-state index contributed by atoms with van der Waals surface area (Å²) in [5.41, 5.74) is 4.66. The molecular formula is C22H21N3O2. The molecule has 3 aromatic rings. The summed E-state index contributed by atoms with van der Waals surface area (Å²) in [6.45, 7) is 5.21. The van der Waals surface area contributed by atoms with Crippen LogP contribution >= 0.6 is 0 Å². The summed E-state index contributed by atoms with van der Waals surface area (Å²) >= 11 is 0. The van der Waals surface area contributed by atoms with E-state index in [2.05, 4.69) is 10.4 Å². The number of anilines is 1. The fraction of sp³-hybridized carbons (Fsp3) is 0.136. The van der Waals surface area contributed by atoms with Crippen molar-refractivity contribution in [3.63, 3.8) is 0 Å². The Morgan fingerprint density at radius 3 is 2.30 bits per heavy atom. The molecule has 0 bridgehead atoms. The van der Waals surface area contributed by atoms with Crippen LogP contribution < -0.4 is 5.32 Å². The lowest BCUT2D eigenvalue weighted by Crippen LogP contribution is -2.05. The molecule has 5 heteroatoms. The Hall–Kier alpha value is -3.47. The molecule has 0 aliphatic carbocycles. The van der Waals surface area contributed by atoms with Crippen LogP contribution in [0, 0.1) is 13.8 Å². The van der Waals surface area contributed by atoms with E-state index in [1.807, 2.05) is 56.3 Å². The highest BCUT2D eigenvalue weighted by atomic mass is 16.1. The van der Waals surface area contributed by atoms with E-state index in [4.69, 9.17) is 0 Å². The molecule has 0 aliphatic heterocycles. The third kappa shape index (κ3) is 4.20. The van der Waals surface area contributed by atoms with Crippen LogP contribution in [-0.4, -0.2) is 21.5 Å². The molecule has 0 saturated heterocycles. The lowest BCUT2D eigenvalue weighted by molar-refractivity contribution is -0.114. The second-order valence-electron chi connectivity index (χ2n) is 6.29. The van der Waals surface area contributed by atoms with Gasteiger partial charge in [-0.1, -0.05) is 36.4 Å². The first-order chi connectivity index (χ1) is 13.0. The first-order valence-electron chi connectivity index (χ1n) is 8.67. The predicted octanol–water partition coefficient (Wildman–Crippen LogP) is 4.34. The van der Waals surface area contributed by atoms with E-state index in [0.717, 1.165) is 22.6 Å². The maximum atomic E-state index is 12.7. The van der Waals surface area contributed by atoms with Gasteiger partial charge >= 0.3 is 0 Å². The van der Waals surface area contributed by atoms with Crippen LogP contribution in [0.15, 0.2) is 60.7 Å². The molecule has 0 atom stereocenters. The fourth-order valence-corrected chi connectivity index (χ4v) is 2.96. The molecular weight excluding hydrogens is 338 g/mol. The van der Waals surface area contributed by atoms with Crippen molar-refractivity contribution in [2.45, 2.75) is 20.8 Å². The number of nitrogens with one attached hydrogen (secondary N) is 1. The number of amides is 1. The molecule has 1 amide bonds. The van der Waals surface area contributed by atoms with Crippen molar-refractivity contribution in [3.8, 4) is 5.69 Å². The van der Waals surface area contributed by atoms with Gasteiger partial charge in [0.2, 0.25) is 5.91 Å². The van der Waals surface area contributed by atoms with Crippen molar-refractivity contribution < 1.29 is 9.59 Å². The predicted molar refractivity (Wildman–Crippen MR) is 107 cm³/mol. The van der Waals surface area contributed by atoms with E-state index in [1.165, 1.54) is 6.92 Å². The maximum absolute atomic E-state index is 12.7. The Bertz CT molecular complexity index is 1000. The maximum Gasteiger partial charge on any atom is 0.221 e. The third-order valence-corrected chi connectivity index (χ3v) is 4.20. The van der Waals surface area contributed by atoms with Crippen molar-refractivity contribution in [3.05, 3.63) is 83.2 Å². The lowest BCUT2D eigenvalue weighted by atomic mass is 10.1. The molecule has 5 nitrogen and oxygen atoms in total. The summed E-state index contributed by atoms with van der Waals surface area (Å²) in [6.07, 6.45) is 3.32. The molecule has 2 aromatic carbocycles. The number of carbonyl (C=O) groups is 2. The summed E-state index contributed by atoms with van der Waals surface area (Å²) in [5.74, 6) is -0.201. The number of hydrogen-bond donors (Lipinski definition) is 1. The Morgan fingerprint density at radius 1 is 1.00 bits per heavy atom. The van der Waals surface area contributed by atoms with E-state index < -0.39 is 0 Å². The number of allylic oxidation sites excluding steroid dienone is 1. The number of carbonyl (C=O) groups excluding carboxylic acids is 2. The molecule has 136 valence electrons. The van der Waals surface area contributed by atoms with Crippen LogP contribution in [0.4, 0.5) is 5.69 Å². The van der Waals surface area contributed by atoms with Gasteiger partial charge in [0, 0.05) is 12.6 Å². The van der Waals surface area contributed by atoms with Gasteiger partial charge in [-0.3, -0.25) is 9.59 Å². The molecule has 0 radical (unpaired) electrons. The van der Waals surface area contributed by atoms with E-state index in [1.54, 1.807) is 29.0 Å². The van der Waals surface area contributed by atoms with Gasteiger partial charge in [0.05, 0.1) is 22.6 Å². The molecule has 0 spiro atoms. The van der Waals surface area contributed by atoms with Gasteiger partial charge in [-0.25, -0.2) is 4.68 Å². The quantitative estimate of drug-likeness (QED) is 0.544. The van der Waals surface area contributed by atoms with Crippen LogP contribution in [0.3, 0.4) is 0 Å². The average molecular weight is 359 g/mol. The normalized spacial score (nSPS) is 10.9. The number of rotatable bonds is 5. The SMILES string of the molecule is CC(=O)Nc1ccc(C=CC(=O)c2c(C)nn(-c3ccccc3)c2C)cc1. The van der Waals surface area contributed by atoms with Crippen LogP contribution in [-0.2, 0) is 4.79 Å². The van der Waals surface area contributed by atoms with Gasteiger partial charge in [-0.15, -0.1) is 0 Å². The first kappa shape index (κ1) is 18.3. The van der Waals surface area contributed by atoms with E-state index in [0.29, 0.717) is 11.3 Å². The Kier molecular flexibility index (Phi) is 5.31. The zero-order chi connectivity index (χ0) is 19.4. The Morgan fingerprint density at radius 2 is 1.67 bits per heavy atom. The van der Waals surface area contributed by atoms with Crippen molar-refractivity contribution >= 4 is 23.5 Å². The van der Waals surface area contributed by atoms with Gasteiger partial charge in [-0.05, 0) is 49.8 Å². The Labute approximate surface area is 158 Å². The fourth-order valence-electron chi connectivity index (χ4n) is 2.96. The number of aromatic nitrogens is 2. The van der Waals surface area contributed by atoms with Gasteiger partial charge in [0.1, 0.15) is 0 Å². The highest BCUT2D eigenvalue weighted by Crippen LogP contribution is 2.19. The van der Waals surface area contributed by atoms with E-state index in [9.17, 15) is 9.59 Å². The molecule has 3 rings (SSSR count). The summed E-state index contributed by atoms with van der Waals surface area (Å²) in [5, 5.41) is 7.23. The first-order valence-corrected chi connectivity index (χ1v) is 8.67. The standard InChI is InChI=1S/C22H21N3O2/c1-15-22(16(2)25(24-15)20-7-5-4-6-8-20)21(27)14-11-18-9-12-19(13-10-18)23-17(3)26/h4-14H,1-3H3,(H,23,26). The molecule has 0 unspecified atom stereocenters. The molecule has 1 heterocycles. The largest absolute Gasteiger partial charge is 0.326 e. The van der Waals surface area contributed by atoms with E-state index in [-0.39, 0.29) is 11.7 Å². The smallest absolute Gasteiger partial charge is 0.221 e. The van der Waals surface area contributed by atoms with Gasteiger partial charge < -0.3 is 5.32 Å². The number of aryl methyl sites for hydroxylation is 1. The average Bonchev–Trinajstić information content (AvgIpc) is 2.95. The molecule has 0 saturated carbocycles. The molecule has 0 fully saturated rings. The number of benzene rings is 2. The number of nitrogens with zero attached hydrogens (tertiary/aromatic N) is 2. The van der Waals surface area contributed by atoms with Gasteiger partial charge in [0.15, 0.2) is 5.78 Å². The highest BCUT2D eigenvalue weighted by molar-refractivity contribution is 6.08. The molecule has 27 heavy (non-hydrogen) atoms. The summed E-state index contributed by atoms with van der Waals surface area (Å²) in [7, 11) is 0. The van der Waals surface area contributed by atoms with Crippen molar-refractivity contribution in [2.75, 3.05) is 5.32 Å². The third-order valence-electron chi connectivity index (χ3n) is 4.20. The minimum absolute atomic E-state index is 0.0851. The second-order valence-corrected chi connectivity index (χ2v) is 6.29. The number of ketones is 1. The highest BCUT2D eigenvalue weighted by Gasteiger charge is 2.17. The monoisotopic (exact) mass is 359 g/mol. The van der Waals surface area contributed by atoms with E-state index >= 15 is 0 Å². The number of hydrogen-bond acceptors (Lipinski definition) is 3. The summed E-state index contributed by atoms with van der Waals surface area (Å²) in [6, 6.07) is 17.0. The van der Waals surface area contributed by atoms with Gasteiger partial charge in [0.25, 0.3) is 0 Å². The van der Waals surface area contributed by atoms with Gasteiger partial charge in [-0.2, -0.15) is 5.10 Å².